The minimum Gasteiger partial charge on any atom is -0.347 e. The number of hydrogen-bond donors (Lipinski definition) is 2. The molecule has 0 saturated heterocycles. The van der Waals surface area contributed by atoms with Gasteiger partial charge in [0.15, 0.2) is 0 Å². The van der Waals surface area contributed by atoms with Gasteiger partial charge in [0.05, 0.1) is 12.8 Å². The van der Waals surface area contributed by atoms with Crippen molar-refractivity contribution in [1.29, 1.82) is 0 Å². The average molecular weight is 389 g/mol. The van der Waals surface area contributed by atoms with Crippen LogP contribution in [-0.4, -0.2) is 20.6 Å². The molecule has 21 heavy (non-hydrogen) atoms. The highest BCUT2D eigenvalue weighted by atomic mass is 79.9. The molecule has 1 aromatic carbocycles. The second kappa shape index (κ2) is 6.59. The minimum atomic E-state index is -3.36. The molecule has 0 spiro atoms. The van der Waals surface area contributed by atoms with Crippen LogP contribution in [0.3, 0.4) is 0 Å². The maximum atomic E-state index is 12.0. The number of thiophene rings is 1. The topological polar surface area (TPSA) is 75.3 Å². The fraction of sp³-hybridized carbons (Fsp3) is 0.154. The van der Waals surface area contributed by atoms with Crippen LogP contribution in [0.4, 0.5) is 5.69 Å². The van der Waals surface area contributed by atoms with Crippen molar-refractivity contribution in [3.63, 3.8) is 0 Å². The van der Waals surface area contributed by atoms with Crippen LogP contribution >= 0.6 is 27.3 Å². The molecule has 5 nitrogen and oxygen atoms in total. The number of benzene rings is 1. The fourth-order valence-electron chi connectivity index (χ4n) is 1.65. The van der Waals surface area contributed by atoms with Gasteiger partial charge in [0, 0.05) is 26.0 Å². The Hall–Kier alpha value is -1.38. The van der Waals surface area contributed by atoms with E-state index in [9.17, 15) is 13.2 Å². The molecule has 2 rings (SSSR count). The van der Waals surface area contributed by atoms with E-state index in [-0.39, 0.29) is 5.91 Å². The SMILES string of the molecule is CS(=O)(=O)Nc1cccc(C(=O)NCc2cc(Br)cs2)c1. The number of sulfonamides is 1. The summed E-state index contributed by atoms with van der Waals surface area (Å²) in [6.45, 7) is 0.429. The Balaban J connectivity index is 2.03. The standard InChI is InChI=1S/C13H13BrN2O3S2/c1-21(18,19)16-11-4-2-3-9(5-11)13(17)15-7-12-6-10(14)8-20-12/h2-6,8,16H,7H2,1H3,(H,15,17). The number of carbonyl (C=O) groups is 1. The van der Waals surface area contributed by atoms with Crippen LogP contribution in [0.5, 0.6) is 0 Å². The van der Waals surface area contributed by atoms with E-state index >= 15 is 0 Å². The zero-order valence-electron chi connectivity index (χ0n) is 11.1. The largest absolute Gasteiger partial charge is 0.347 e. The highest BCUT2D eigenvalue weighted by molar-refractivity contribution is 9.10. The first-order valence-electron chi connectivity index (χ1n) is 5.92. The van der Waals surface area contributed by atoms with Crippen LogP contribution in [0.1, 0.15) is 15.2 Å². The van der Waals surface area contributed by atoms with Gasteiger partial charge >= 0.3 is 0 Å². The van der Waals surface area contributed by atoms with Gasteiger partial charge in [-0.05, 0) is 40.2 Å². The van der Waals surface area contributed by atoms with Crippen LogP contribution in [0.15, 0.2) is 40.2 Å². The maximum absolute atomic E-state index is 12.0. The van der Waals surface area contributed by atoms with Crippen molar-refractivity contribution in [2.24, 2.45) is 0 Å². The lowest BCUT2D eigenvalue weighted by Gasteiger charge is -2.07. The second-order valence-electron chi connectivity index (χ2n) is 4.37. The number of rotatable bonds is 5. The molecule has 2 N–H and O–H groups in total. The minimum absolute atomic E-state index is 0.253. The number of carbonyl (C=O) groups excluding carboxylic acids is 1. The summed E-state index contributed by atoms with van der Waals surface area (Å²) >= 11 is 4.90. The molecule has 0 saturated carbocycles. The summed E-state index contributed by atoms with van der Waals surface area (Å²) in [4.78, 5) is 13.1. The third kappa shape index (κ3) is 5.14. The van der Waals surface area contributed by atoms with Gasteiger partial charge in [0.1, 0.15) is 0 Å². The van der Waals surface area contributed by atoms with Crippen molar-refractivity contribution in [2.45, 2.75) is 6.54 Å². The van der Waals surface area contributed by atoms with Crippen molar-refractivity contribution in [2.75, 3.05) is 11.0 Å². The molecule has 0 aliphatic carbocycles. The first-order chi connectivity index (χ1) is 9.83. The lowest BCUT2D eigenvalue weighted by atomic mass is 10.2. The van der Waals surface area contributed by atoms with Crippen molar-refractivity contribution < 1.29 is 13.2 Å². The van der Waals surface area contributed by atoms with E-state index in [1.807, 2.05) is 11.4 Å². The molecule has 8 heteroatoms. The quantitative estimate of drug-likeness (QED) is 0.826. The van der Waals surface area contributed by atoms with Gasteiger partial charge in [-0.3, -0.25) is 9.52 Å². The number of hydrogen-bond acceptors (Lipinski definition) is 4. The van der Waals surface area contributed by atoms with Crippen molar-refractivity contribution >= 4 is 48.9 Å². The summed E-state index contributed by atoms with van der Waals surface area (Å²) in [7, 11) is -3.36. The van der Waals surface area contributed by atoms with Crippen LogP contribution in [0.25, 0.3) is 0 Å². The van der Waals surface area contributed by atoms with Gasteiger partial charge in [-0.15, -0.1) is 11.3 Å². The molecule has 0 unspecified atom stereocenters. The zero-order valence-corrected chi connectivity index (χ0v) is 14.3. The number of amides is 1. The molecule has 1 aromatic heterocycles. The normalized spacial score (nSPS) is 11.1. The Morgan fingerprint density at radius 3 is 2.71 bits per heavy atom. The van der Waals surface area contributed by atoms with E-state index in [0.717, 1.165) is 15.6 Å². The lowest BCUT2D eigenvalue weighted by Crippen LogP contribution is -2.22. The highest BCUT2D eigenvalue weighted by Crippen LogP contribution is 2.19. The van der Waals surface area contributed by atoms with Gasteiger partial charge < -0.3 is 5.32 Å². The van der Waals surface area contributed by atoms with E-state index in [2.05, 4.69) is 26.0 Å². The Bertz CT molecular complexity index is 756. The highest BCUT2D eigenvalue weighted by Gasteiger charge is 2.08. The number of halogens is 1. The maximum Gasteiger partial charge on any atom is 0.251 e. The third-order valence-electron chi connectivity index (χ3n) is 2.47. The Kier molecular flexibility index (Phi) is 5.02. The Morgan fingerprint density at radius 1 is 1.33 bits per heavy atom. The monoisotopic (exact) mass is 388 g/mol. The summed E-state index contributed by atoms with van der Waals surface area (Å²) in [5.41, 5.74) is 0.767. The molecule has 0 fully saturated rings. The summed E-state index contributed by atoms with van der Waals surface area (Å²) in [6, 6.07) is 8.29. The van der Waals surface area contributed by atoms with Crippen molar-refractivity contribution in [1.82, 2.24) is 5.32 Å². The van der Waals surface area contributed by atoms with Gasteiger partial charge in [-0.1, -0.05) is 6.07 Å². The summed E-state index contributed by atoms with van der Waals surface area (Å²) < 4.78 is 25.7. The van der Waals surface area contributed by atoms with Crippen LogP contribution in [0.2, 0.25) is 0 Å². The first kappa shape index (κ1) is 16.0. The predicted octanol–water partition coefficient (Wildman–Crippen LogP) is 2.81. The first-order valence-corrected chi connectivity index (χ1v) is 9.49. The number of nitrogens with one attached hydrogen (secondary N) is 2. The van der Waals surface area contributed by atoms with E-state index in [0.29, 0.717) is 17.8 Å². The molecule has 0 bridgehead atoms. The van der Waals surface area contributed by atoms with Crippen LogP contribution in [-0.2, 0) is 16.6 Å². The number of anilines is 1. The van der Waals surface area contributed by atoms with E-state index in [4.69, 9.17) is 0 Å². The Morgan fingerprint density at radius 2 is 2.10 bits per heavy atom. The van der Waals surface area contributed by atoms with Crippen LogP contribution in [0, 0.1) is 0 Å². The molecule has 0 radical (unpaired) electrons. The molecule has 2 aromatic rings. The summed E-state index contributed by atoms with van der Waals surface area (Å²) in [5.74, 6) is -0.253. The van der Waals surface area contributed by atoms with Gasteiger partial charge in [0.2, 0.25) is 10.0 Å². The van der Waals surface area contributed by atoms with Crippen molar-refractivity contribution in [3.8, 4) is 0 Å². The summed E-state index contributed by atoms with van der Waals surface area (Å²) in [5, 5.41) is 4.73. The van der Waals surface area contributed by atoms with Gasteiger partial charge in [-0.2, -0.15) is 0 Å². The van der Waals surface area contributed by atoms with E-state index in [1.165, 1.54) is 6.07 Å². The zero-order chi connectivity index (χ0) is 15.5. The molecule has 0 aliphatic heterocycles. The molecule has 1 heterocycles. The van der Waals surface area contributed by atoms with Crippen molar-refractivity contribution in [3.05, 3.63) is 50.6 Å². The lowest BCUT2D eigenvalue weighted by molar-refractivity contribution is 0.0951. The van der Waals surface area contributed by atoms with Crippen LogP contribution < -0.4 is 10.0 Å². The smallest absolute Gasteiger partial charge is 0.251 e. The van der Waals surface area contributed by atoms with E-state index < -0.39 is 10.0 Å². The molecule has 0 atom stereocenters. The Labute approximate surface area is 135 Å². The second-order valence-corrected chi connectivity index (χ2v) is 8.03. The van der Waals surface area contributed by atoms with Gasteiger partial charge in [0.25, 0.3) is 5.91 Å². The predicted molar refractivity (Wildman–Crippen MR) is 88.1 cm³/mol. The fourth-order valence-corrected chi connectivity index (χ4v) is 3.60. The molecular formula is C13H13BrN2O3S2. The van der Waals surface area contributed by atoms with E-state index in [1.54, 1.807) is 29.5 Å². The molecular weight excluding hydrogens is 376 g/mol. The average Bonchev–Trinajstić information content (AvgIpc) is 2.80. The molecule has 0 aliphatic rings. The third-order valence-corrected chi connectivity index (χ3v) is 4.78. The van der Waals surface area contributed by atoms with Gasteiger partial charge in [-0.25, -0.2) is 8.42 Å². The summed E-state index contributed by atoms with van der Waals surface area (Å²) in [6.07, 6.45) is 1.06. The molecule has 112 valence electrons. The molecule has 1 amide bonds.